The molecule has 4 nitrogen and oxygen atoms in total. The summed E-state index contributed by atoms with van der Waals surface area (Å²) in [5.74, 6) is 0.455. The van der Waals surface area contributed by atoms with Crippen molar-refractivity contribution in [3.8, 4) is 22.6 Å². The average molecular weight is 327 g/mol. The van der Waals surface area contributed by atoms with Crippen LogP contribution in [0.1, 0.15) is 6.42 Å². The molecule has 0 aliphatic rings. The van der Waals surface area contributed by atoms with Crippen LogP contribution in [0.15, 0.2) is 71.5 Å². The molecule has 0 saturated heterocycles. The lowest BCUT2D eigenvalue weighted by Gasteiger charge is -2.00. The zero-order valence-corrected chi connectivity index (χ0v) is 13.3. The Bertz CT molecular complexity index is 672. The van der Waals surface area contributed by atoms with E-state index in [4.69, 9.17) is 9.52 Å². The van der Waals surface area contributed by atoms with Gasteiger partial charge in [-0.1, -0.05) is 60.7 Å². The lowest BCUT2D eigenvalue weighted by atomic mass is 10.1. The second kappa shape index (κ2) is 8.80. The van der Waals surface area contributed by atoms with E-state index in [2.05, 4.69) is 17.6 Å². The van der Waals surface area contributed by atoms with E-state index in [-0.39, 0.29) is 6.42 Å². The molecule has 2 aromatic carbocycles. The molecule has 3 rings (SSSR count). The van der Waals surface area contributed by atoms with E-state index in [1.807, 2.05) is 60.7 Å². The average Bonchev–Trinajstić information content (AvgIpc) is 3.06. The number of aliphatic carboxylic acids is 1. The number of hydrogen-bond acceptors (Lipinski definition) is 4. The third-order valence-electron chi connectivity index (χ3n) is 2.98. The molecule has 3 aromatic rings. The van der Waals surface area contributed by atoms with Gasteiger partial charge in [0.15, 0.2) is 12.2 Å². The van der Waals surface area contributed by atoms with Crippen LogP contribution in [-0.2, 0) is 4.79 Å². The first-order valence-electron chi connectivity index (χ1n) is 7.09. The van der Waals surface area contributed by atoms with Gasteiger partial charge in [0.2, 0.25) is 0 Å². The molecule has 0 radical (unpaired) electrons. The van der Waals surface area contributed by atoms with Crippen molar-refractivity contribution >= 4 is 18.6 Å². The lowest BCUT2D eigenvalue weighted by Crippen LogP contribution is -1.93. The largest absolute Gasteiger partial charge is 0.481 e. The number of oxazole rings is 1. The predicted molar refractivity (Wildman–Crippen MR) is 93.5 cm³/mol. The van der Waals surface area contributed by atoms with Gasteiger partial charge in [0.25, 0.3) is 0 Å². The molecule has 118 valence electrons. The number of nitrogens with zero attached hydrogens (tertiary/aromatic N) is 1. The predicted octanol–water partition coefficient (Wildman–Crippen LogP) is 4.40. The van der Waals surface area contributed by atoms with Crippen LogP contribution in [0.5, 0.6) is 0 Å². The molecule has 1 aromatic heterocycles. The van der Waals surface area contributed by atoms with Crippen molar-refractivity contribution in [2.24, 2.45) is 0 Å². The van der Waals surface area contributed by atoms with Crippen molar-refractivity contribution in [1.29, 1.82) is 0 Å². The molecule has 5 heteroatoms. The maximum Gasteiger partial charge on any atom is 0.304 e. The van der Waals surface area contributed by atoms with Gasteiger partial charge in [0.1, 0.15) is 5.69 Å². The molecular formula is C18H17NO3S. The summed E-state index contributed by atoms with van der Waals surface area (Å²) in [6.45, 7) is 0. The molecule has 0 bridgehead atoms. The second-order valence-corrected chi connectivity index (χ2v) is 5.08. The molecule has 23 heavy (non-hydrogen) atoms. The molecule has 0 fully saturated rings. The maximum absolute atomic E-state index is 9.55. The van der Waals surface area contributed by atoms with E-state index in [0.717, 1.165) is 22.6 Å². The zero-order valence-electron chi connectivity index (χ0n) is 12.4. The summed E-state index contributed by atoms with van der Waals surface area (Å²) < 4.78 is 5.49. The third kappa shape index (κ3) is 5.00. The van der Waals surface area contributed by atoms with Crippen molar-refractivity contribution in [2.75, 3.05) is 5.75 Å². The Morgan fingerprint density at radius 1 is 1.00 bits per heavy atom. The summed E-state index contributed by atoms with van der Waals surface area (Å²) >= 11 is 3.68. The van der Waals surface area contributed by atoms with Gasteiger partial charge in [-0.05, 0) is 0 Å². The highest BCUT2D eigenvalue weighted by Crippen LogP contribution is 2.30. The van der Waals surface area contributed by atoms with Crippen molar-refractivity contribution in [1.82, 2.24) is 4.98 Å². The van der Waals surface area contributed by atoms with Crippen LogP contribution < -0.4 is 0 Å². The molecule has 0 aliphatic carbocycles. The number of carboxylic acids is 1. The SMILES string of the molecule is O=C(O)CCS.c1ccc(-c2ncoc2-c2ccccc2)cc1. The Morgan fingerprint density at radius 3 is 2.04 bits per heavy atom. The quantitative estimate of drug-likeness (QED) is 0.697. The fraction of sp³-hybridized carbons (Fsp3) is 0.111. The van der Waals surface area contributed by atoms with Gasteiger partial charge in [-0.2, -0.15) is 12.6 Å². The van der Waals surface area contributed by atoms with Gasteiger partial charge in [-0.3, -0.25) is 4.79 Å². The Labute approximate surface area is 140 Å². The van der Waals surface area contributed by atoms with Gasteiger partial charge in [-0.15, -0.1) is 0 Å². The Morgan fingerprint density at radius 2 is 1.57 bits per heavy atom. The fourth-order valence-electron chi connectivity index (χ4n) is 1.94. The molecule has 0 amide bonds. The third-order valence-corrected chi connectivity index (χ3v) is 3.20. The summed E-state index contributed by atoms with van der Waals surface area (Å²) in [6.07, 6.45) is 1.65. The minimum Gasteiger partial charge on any atom is -0.481 e. The number of benzene rings is 2. The lowest BCUT2D eigenvalue weighted by molar-refractivity contribution is -0.136. The van der Waals surface area contributed by atoms with Crippen molar-refractivity contribution < 1.29 is 14.3 Å². The van der Waals surface area contributed by atoms with Crippen molar-refractivity contribution in [3.05, 3.63) is 67.1 Å². The first-order chi connectivity index (χ1) is 11.2. The number of carbonyl (C=O) groups is 1. The summed E-state index contributed by atoms with van der Waals surface area (Å²) in [5.41, 5.74) is 3.00. The number of carboxylic acid groups (broad SMARTS) is 1. The van der Waals surface area contributed by atoms with Gasteiger partial charge in [-0.25, -0.2) is 4.98 Å². The molecule has 0 spiro atoms. The highest BCUT2D eigenvalue weighted by atomic mass is 32.1. The topological polar surface area (TPSA) is 63.3 Å². The molecule has 0 unspecified atom stereocenters. The van der Waals surface area contributed by atoms with E-state index in [1.54, 1.807) is 0 Å². The summed E-state index contributed by atoms with van der Waals surface area (Å²) in [4.78, 5) is 13.8. The number of thiol groups is 1. The molecule has 0 aliphatic heterocycles. The minimum absolute atomic E-state index is 0.156. The molecule has 1 N–H and O–H groups in total. The monoisotopic (exact) mass is 327 g/mol. The van der Waals surface area contributed by atoms with Crippen LogP contribution in [0.4, 0.5) is 0 Å². The van der Waals surface area contributed by atoms with Crippen LogP contribution in [0.25, 0.3) is 22.6 Å². The van der Waals surface area contributed by atoms with E-state index >= 15 is 0 Å². The van der Waals surface area contributed by atoms with Crippen LogP contribution in [0.3, 0.4) is 0 Å². The second-order valence-electron chi connectivity index (χ2n) is 4.63. The van der Waals surface area contributed by atoms with E-state index in [1.165, 1.54) is 6.39 Å². The smallest absolute Gasteiger partial charge is 0.304 e. The Hall–Kier alpha value is -2.53. The standard InChI is InChI=1S/C15H11NO.C3H6O2S/c1-3-7-12(8-4-1)14-15(17-11-16-14)13-9-5-2-6-10-13;4-3(5)1-2-6/h1-11H;6H,1-2H2,(H,4,5). The highest BCUT2D eigenvalue weighted by molar-refractivity contribution is 7.80. The molecule has 1 heterocycles. The van der Waals surface area contributed by atoms with E-state index in [9.17, 15) is 4.79 Å². The fourth-order valence-corrected chi connectivity index (χ4v) is 2.13. The highest BCUT2D eigenvalue weighted by Gasteiger charge is 2.11. The van der Waals surface area contributed by atoms with Gasteiger partial charge in [0.05, 0.1) is 6.42 Å². The van der Waals surface area contributed by atoms with E-state index in [0.29, 0.717) is 5.75 Å². The van der Waals surface area contributed by atoms with Gasteiger partial charge in [0, 0.05) is 16.9 Å². The molecular weight excluding hydrogens is 310 g/mol. The van der Waals surface area contributed by atoms with Crippen molar-refractivity contribution in [2.45, 2.75) is 6.42 Å². The Kier molecular flexibility index (Phi) is 6.44. The van der Waals surface area contributed by atoms with Crippen LogP contribution in [-0.4, -0.2) is 21.8 Å². The Balaban J connectivity index is 0.000000277. The summed E-state index contributed by atoms with van der Waals surface area (Å²) in [7, 11) is 0. The van der Waals surface area contributed by atoms with Crippen molar-refractivity contribution in [3.63, 3.8) is 0 Å². The molecule has 0 saturated carbocycles. The van der Waals surface area contributed by atoms with E-state index < -0.39 is 5.97 Å². The zero-order chi connectivity index (χ0) is 16.5. The number of rotatable bonds is 4. The summed E-state index contributed by atoms with van der Waals surface area (Å²) in [6, 6.07) is 20.1. The first-order valence-corrected chi connectivity index (χ1v) is 7.72. The number of hydrogen-bond donors (Lipinski definition) is 2. The first kappa shape index (κ1) is 16.8. The number of aromatic nitrogens is 1. The summed E-state index contributed by atoms with van der Waals surface area (Å²) in [5, 5.41) is 7.86. The van der Waals surface area contributed by atoms with Crippen LogP contribution >= 0.6 is 12.6 Å². The maximum atomic E-state index is 9.55. The van der Waals surface area contributed by atoms with Gasteiger partial charge < -0.3 is 9.52 Å². The normalized spacial score (nSPS) is 9.78. The minimum atomic E-state index is -0.787. The van der Waals surface area contributed by atoms with Gasteiger partial charge >= 0.3 is 5.97 Å². The molecule has 0 atom stereocenters. The van der Waals surface area contributed by atoms with Crippen LogP contribution in [0.2, 0.25) is 0 Å². The van der Waals surface area contributed by atoms with Crippen LogP contribution in [0, 0.1) is 0 Å².